The summed E-state index contributed by atoms with van der Waals surface area (Å²) in [6, 6.07) is 5.32. The third-order valence-electron chi connectivity index (χ3n) is 3.62. The average molecular weight is 301 g/mol. The minimum Gasteiger partial charge on any atom is -0.459 e. The van der Waals surface area contributed by atoms with Gasteiger partial charge in [-0.05, 0) is 19.1 Å². The van der Waals surface area contributed by atoms with Crippen molar-refractivity contribution in [1.29, 1.82) is 0 Å². The standard InChI is InChI=1S/C15H15N3O4/c1-2-22-15(21)14(20)17-8-6-11-10(9-17)13(19)18-7-4-3-5-12(18)16-11/h3-5,7H,2,6,8-9H2,1H3. The lowest BCUT2D eigenvalue weighted by molar-refractivity contribution is -0.160. The van der Waals surface area contributed by atoms with Crippen LogP contribution in [0.3, 0.4) is 0 Å². The molecule has 3 rings (SSSR count). The molecule has 0 fully saturated rings. The van der Waals surface area contributed by atoms with E-state index in [0.717, 1.165) is 0 Å². The molecule has 0 radical (unpaired) electrons. The van der Waals surface area contributed by atoms with Crippen molar-refractivity contribution in [2.75, 3.05) is 13.2 Å². The molecule has 2 aromatic rings. The highest BCUT2D eigenvalue weighted by Crippen LogP contribution is 2.15. The molecule has 0 saturated carbocycles. The van der Waals surface area contributed by atoms with Crippen LogP contribution in [0.15, 0.2) is 29.2 Å². The SMILES string of the molecule is CCOC(=O)C(=O)N1CCc2nc3ccccn3c(=O)c2C1. The largest absolute Gasteiger partial charge is 0.459 e. The molecule has 0 aliphatic carbocycles. The van der Waals surface area contributed by atoms with Crippen LogP contribution in [0.1, 0.15) is 18.2 Å². The lowest BCUT2D eigenvalue weighted by Gasteiger charge is -2.27. The topological polar surface area (TPSA) is 81.0 Å². The number of aromatic nitrogens is 2. The smallest absolute Gasteiger partial charge is 0.397 e. The molecule has 1 aliphatic rings. The van der Waals surface area contributed by atoms with Gasteiger partial charge in [-0.1, -0.05) is 6.07 Å². The van der Waals surface area contributed by atoms with Gasteiger partial charge in [-0.25, -0.2) is 9.78 Å². The van der Waals surface area contributed by atoms with Crippen LogP contribution in [0.4, 0.5) is 0 Å². The number of hydrogen-bond donors (Lipinski definition) is 0. The summed E-state index contributed by atoms with van der Waals surface area (Å²) in [5.74, 6) is -1.61. The number of hydrogen-bond acceptors (Lipinski definition) is 5. The highest BCUT2D eigenvalue weighted by atomic mass is 16.5. The fourth-order valence-electron chi connectivity index (χ4n) is 2.54. The van der Waals surface area contributed by atoms with Crippen LogP contribution >= 0.6 is 0 Å². The molecule has 0 bridgehead atoms. The zero-order valence-corrected chi connectivity index (χ0v) is 12.1. The van der Waals surface area contributed by atoms with Gasteiger partial charge in [0.25, 0.3) is 5.56 Å². The van der Waals surface area contributed by atoms with E-state index in [2.05, 4.69) is 4.98 Å². The van der Waals surface area contributed by atoms with Crippen LogP contribution in [0.5, 0.6) is 0 Å². The first-order chi connectivity index (χ1) is 10.6. The van der Waals surface area contributed by atoms with Crippen molar-refractivity contribution in [2.45, 2.75) is 19.9 Å². The highest BCUT2D eigenvalue weighted by Gasteiger charge is 2.29. The summed E-state index contributed by atoms with van der Waals surface area (Å²) in [5.41, 5.74) is 1.51. The van der Waals surface area contributed by atoms with Gasteiger partial charge in [0, 0.05) is 19.2 Å². The molecule has 114 valence electrons. The molecular formula is C15H15N3O4. The molecule has 7 heteroatoms. The summed E-state index contributed by atoms with van der Waals surface area (Å²) in [6.45, 7) is 2.21. The second-order valence-corrected chi connectivity index (χ2v) is 4.97. The molecule has 0 spiro atoms. The Morgan fingerprint density at radius 3 is 2.95 bits per heavy atom. The molecule has 3 heterocycles. The number of pyridine rings is 1. The average Bonchev–Trinajstić information content (AvgIpc) is 2.54. The van der Waals surface area contributed by atoms with Crippen molar-refractivity contribution >= 4 is 17.5 Å². The van der Waals surface area contributed by atoms with Gasteiger partial charge in [0.2, 0.25) is 0 Å². The van der Waals surface area contributed by atoms with E-state index in [9.17, 15) is 14.4 Å². The number of esters is 1. The van der Waals surface area contributed by atoms with Gasteiger partial charge in [0.1, 0.15) is 5.65 Å². The van der Waals surface area contributed by atoms with Gasteiger partial charge in [0.05, 0.1) is 24.4 Å². The predicted octanol–water partition coefficient (Wildman–Crippen LogP) is 0.142. The van der Waals surface area contributed by atoms with Gasteiger partial charge in [0.15, 0.2) is 0 Å². The van der Waals surface area contributed by atoms with E-state index in [1.165, 1.54) is 9.30 Å². The van der Waals surface area contributed by atoms with Crippen LogP contribution < -0.4 is 5.56 Å². The van der Waals surface area contributed by atoms with E-state index < -0.39 is 11.9 Å². The third kappa shape index (κ3) is 2.34. The van der Waals surface area contributed by atoms with Gasteiger partial charge < -0.3 is 9.64 Å². The van der Waals surface area contributed by atoms with Crippen LogP contribution in [0, 0.1) is 0 Å². The second-order valence-electron chi connectivity index (χ2n) is 4.97. The quantitative estimate of drug-likeness (QED) is 0.553. The maximum absolute atomic E-state index is 12.5. The second kappa shape index (κ2) is 5.59. The van der Waals surface area contributed by atoms with Crippen molar-refractivity contribution < 1.29 is 14.3 Å². The Balaban J connectivity index is 1.96. The molecule has 0 saturated heterocycles. The van der Waals surface area contributed by atoms with Gasteiger partial charge in [-0.3, -0.25) is 14.0 Å². The van der Waals surface area contributed by atoms with Crippen LogP contribution in [-0.2, 0) is 27.3 Å². The summed E-state index contributed by atoms with van der Waals surface area (Å²) < 4.78 is 6.16. The fourth-order valence-corrected chi connectivity index (χ4v) is 2.54. The molecular weight excluding hydrogens is 286 g/mol. The van der Waals surface area contributed by atoms with E-state index in [-0.39, 0.29) is 18.7 Å². The number of ether oxygens (including phenoxy) is 1. The molecule has 7 nitrogen and oxygen atoms in total. The molecule has 0 N–H and O–H groups in total. The molecule has 1 amide bonds. The van der Waals surface area contributed by atoms with Gasteiger partial charge >= 0.3 is 11.9 Å². The number of rotatable bonds is 1. The number of carbonyl (C=O) groups is 2. The summed E-state index contributed by atoms with van der Waals surface area (Å²) >= 11 is 0. The summed E-state index contributed by atoms with van der Waals surface area (Å²) in [5, 5.41) is 0. The normalized spacial score (nSPS) is 13.8. The Hall–Kier alpha value is -2.70. The molecule has 0 atom stereocenters. The number of carbonyl (C=O) groups excluding carboxylic acids is 2. The van der Waals surface area contributed by atoms with Crippen LogP contribution in [0.25, 0.3) is 5.65 Å². The van der Waals surface area contributed by atoms with Crippen molar-refractivity contribution in [3.05, 3.63) is 46.0 Å². The van der Waals surface area contributed by atoms with Crippen molar-refractivity contribution in [2.24, 2.45) is 0 Å². The third-order valence-corrected chi connectivity index (χ3v) is 3.62. The van der Waals surface area contributed by atoms with E-state index >= 15 is 0 Å². The van der Waals surface area contributed by atoms with Crippen molar-refractivity contribution in [3.8, 4) is 0 Å². The van der Waals surface area contributed by atoms with Gasteiger partial charge in [-0.2, -0.15) is 0 Å². The lowest BCUT2D eigenvalue weighted by atomic mass is 10.1. The Morgan fingerprint density at radius 1 is 1.36 bits per heavy atom. The van der Waals surface area contributed by atoms with Crippen LogP contribution in [0.2, 0.25) is 0 Å². The molecule has 0 unspecified atom stereocenters. The van der Waals surface area contributed by atoms with E-state index in [1.54, 1.807) is 25.3 Å². The summed E-state index contributed by atoms with van der Waals surface area (Å²) in [6.07, 6.45) is 2.08. The minimum atomic E-state index is -0.889. The van der Waals surface area contributed by atoms with E-state index in [1.807, 2.05) is 6.07 Å². The van der Waals surface area contributed by atoms with Gasteiger partial charge in [-0.15, -0.1) is 0 Å². The Morgan fingerprint density at radius 2 is 2.18 bits per heavy atom. The maximum Gasteiger partial charge on any atom is 0.397 e. The molecule has 22 heavy (non-hydrogen) atoms. The first-order valence-electron chi connectivity index (χ1n) is 7.07. The summed E-state index contributed by atoms with van der Waals surface area (Å²) in [7, 11) is 0. The molecule has 0 aromatic carbocycles. The van der Waals surface area contributed by atoms with E-state index in [4.69, 9.17) is 4.74 Å². The molecule has 1 aliphatic heterocycles. The van der Waals surface area contributed by atoms with E-state index in [0.29, 0.717) is 29.9 Å². The first-order valence-corrected chi connectivity index (χ1v) is 7.07. The zero-order valence-electron chi connectivity index (χ0n) is 12.1. The monoisotopic (exact) mass is 301 g/mol. The zero-order chi connectivity index (χ0) is 15.7. The Kier molecular flexibility index (Phi) is 3.62. The lowest BCUT2D eigenvalue weighted by Crippen LogP contribution is -2.43. The Bertz CT molecular complexity index is 812. The molecule has 2 aromatic heterocycles. The number of fused-ring (bicyclic) bond motifs is 2. The van der Waals surface area contributed by atoms with Crippen LogP contribution in [-0.4, -0.2) is 39.3 Å². The highest BCUT2D eigenvalue weighted by molar-refractivity contribution is 6.32. The first kappa shape index (κ1) is 14.2. The minimum absolute atomic E-state index is 0.0800. The van der Waals surface area contributed by atoms with Crippen molar-refractivity contribution in [3.63, 3.8) is 0 Å². The van der Waals surface area contributed by atoms with Crippen molar-refractivity contribution in [1.82, 2.24) is 14.3 Å². The fraction of sp³-hybridized carbons (Fsp3) is 0.333. The maximum atomic E-state index is 12.5. The number of nitrogens with zero attached hydrogens (tertiary/aromatic N) is 3. The predicted molar refractivity (Wildman–Crippen MR) is 77.2 cm³/mol. The summed E-state index contributed by atoms with van der Waals surface area (Å²) in [4.78, 5) is 41.8. The Labute approximate surface area is 126 Å². The number of amides is 1.